The summed E-state index contributed by atoms with van der Waals surface area (Å²) in [5.74, 6) is 0.795. The molecule has 2 N–H and O–H groups in total. The molecule has 2 aromatic heterocycles. The first-order valence-corrected chi connectivity index (χ1v) is 6.86. The number of hydrogen-bond donors (Lipinski definition) is 1. The van der Waals surface area contributed by atoms with Crippen LogP contribution in [0.5, 0.6) is 0 Å². The average Bonchev–Trinajstić information content (AvgIpc) is 2.65. The first-order chi connectivity index (χ1) is 8.58. The van der Waals surface area contributed by atoms with E-state index in [1.54, 1.807) is 0 Å². The molecule has 2 aromatic rings. The Balaban J connectivity index is 2.63. The summed E-state index contributed by atoms with van der Waals surface area (Å²) in [6.45, 7) is 6.14. The van der Waals surface area contributed by atoms with Crippen LogP contribution in [0, 0.1) is 6.92 Å². The van der Waals surface area contributed by atoms with Crippen molar-refractivity contribution in [1.82, 2.24) is 14.8 Å². The van der Waals surface area contributed by atoms with Gasteiger partial charge in [-0.3, -0.25) is 0 Å². The molecule has 18 heavy (non-hydrogen) atoms. The zero-order valence-electron chi connectivity index (χ0n) is 10.9. The van der Waals surface area contributed by atoms with E-state index in [-0.39, 0.29) is 0 Å². The molecular formula is C13H17BrN4. The number of pyridine rings is 1. The van der Waals surface area contributed by atoms with E-state index in [1.807, 2.05) is 23.9 Å². The summed E-state index contributed by atoms with van der Waals surface area (Å²) in [7, 11) is 0. The van der Waals surface area contributed by atoms with Crippen molar-refractivity contribution < 1.29 is 0 Å². The maximum atomic E-state index is 6.12. The van der Waals surface area contributed by atoms with Crippen molar-refractivity contribution in [1.29, 1.82) is 0 Å². The van der Waals surface area contributed by atoms with Gasteiger partial charge in [-0.2, -0.15) is 5.10 Å². The molecule has 5 heteroatoms. The number of anilines is 1. The van der Waals surface area contributed by atoms with Gasteiger partial charge in [-0.25, -0.2) is 9.67 Å². The maximum Gasteiger partial charge on any atom is 0.168 e. The van der Waals surface area contributed by atoms with Crippen molar-refractivity contribution in [2.45, 2.75) is 33.6 Å². The Morgan fingerprint density at radius 3 is 2.61 bits per heavy atom. The molecule has 0 aromatic carbocycles. The molecule has 0 bridgehead atoms. The second-order valence-corrected chi connectivity index (χ2v) is 5.10. The van der Waals surface area contributed by atoms with Gasteiger partial charge >= 0.3 is 0 Å². The molecule has 0 atom stereocenters. The van der Waals surface area contributed by atoms with Gasteiger partial charge in [-0.15, -0.1) is 0 Å². The zero-order valence-corrected chi connectivity index (χ0v) is 12.5. The fourth-order valence-corrected chi connectivity index (χ4v) is 2.61. The Morgan fingerprint density at radius 1 is 1.33 bits per heavy atom. The molecule has 0 aliphatic heterocycles. The van der Waals surface area contributed by atoms with E-state index >= 15 is 0 Å². The third kappa shape index (κ3) is 2.14. The SMILES string of the molecule is CCc1nn(-c2ncc(C)cc2Br)c(CC)c1N. The van der Waals surface area contributed by atoms with Crippen LogP contribution in [0.1, 0.15) is 30.8 Å². The first-order valence-electron chi connectivity index (χ1n) is 6.07. The highest BCUT2D eigenvalue weighted by Gasteiger charge is 2.16. The number of halogens is 1. The van der Waals surface area contributed by atoms with Crippen molar-refractivity contribution in [2.24, 2.45) is 0 Å². The minimum atomic E-state index is 0.786. The second kappa shape index (κ2) is 5.10. The highest BCUT2D eigenvalue weighted by atomic mass is 79.9. The molecule has 2 heterocycles. The first kappa shape index (κ1) is 13.1. The summed E-state index contributed by atoms with van der Waals surface area (Å²) in [4.78, 5) is 4.44. The van der Waals surface area contributed by atoms with Gasteiger partial charge in [0, 0.05) is 6.20 Å². The number of nitrogens with two attached hydrogens (primary N) is 1. The van der Waals surface area contributed by atoms with Crippen LogP contribution in [0.3, 0.4) is 0 Å². The van der Waals surface area contributed by atoms with Gasteiger partial charge in [0.1, 0.15) is 0 Å². The highest BCUT2D eigenvalue weighted by Crippen LogP contribution is 2.25. The van der Waals surface area contributed by atoms with Crippen LogP contribution in [0.2, 0.25) is 0 Å². The molecule has 0 saturated carbocycles. The lowest BCUT2D eigenvalue weighted by molar-refractivity contribution is 0.768. The average molecular weight is 309 g/mol. The molecule has 0 aliphatic rings. The van der Waals surface area contributed by atoms with E-state index in [4.69, 9.17) is 5.73 Å². The van der Waals surface area contributed by atoms with Crippen LogP contribution in [-0.2, 0) is 12.8 Å². The molecule has 0 radical (unpaired) electrons. The molecule has 0 spiro atoms. The van der Waals surface area contributed by atoms with Crippen LogP contribution < -0.4 is 5.73 Å². The van der Waals surface area contributed by atoms with Crippen LogP contribution in [0.4, 0.5) is 5.69 Å². The smallest absolute Gasteiger partial charge is 0.168 e. The molecule has 0 aliphatic carbocycles. The monoisotopic (exact) mass is 308 g/mol. The molecule has 0 saturated heterocycles. The van der Waals surface area contributed by atoms with Crippen molar-refractivity contribution >= 4 is 21.6 Å². The van der Waals surface area contributed by atoms with Gasteiger partial charge in [0.05, 0.1) is 21.5 Å². The van der Waals surface area contributed by atoms with E-state index in [1.165, 1.54) is 0 Å². The Morgan fingerprint density at radius 2 is 2.06 bits per heavy atom. The second-order valence-electron chi connectivity index (χ2n) is 4.24. The standard InChI is InChI=1S/C13H17BrN4/c1-4-10-12(15)11(5-2)18(17-10)13-9(14)6-8(3)7-16-13/h6-7H,4-5,15H2,1-3H3. The fraction of sp³-hybridized carbons (Fsp3) is 0.385. The van der Waals surface area contributed by atoms with Gasteiger partial charge in [-0.05, 0) is 47.3 Å². The van der Waals surface area contributed by atoms with E-state index in [0.29, 0.717) is 0 Å². The van der Waals surface area contributed by atoms with Crippen molar-refractivity contribution in [3.63, 3.8) is 0 Å². The Hall–Kier alpha value is -1.36. The number of rotatable bonds is 3. The van der Waals surface area contributed by atoms with Crippen LogP contribution in [0.15, 0.2) is 16.7 Å². The molecule has 96 valence electrons. The Kier molecular flexibility index (Phi) is 3.71. The summed E-state index contributed by atoms with van der Waals surface area (Å²) in [6, 6.07) is 2.03. The lowest BCUT2D eigenvalue weighted by Gasteiger charge is -2.08. The van der Waals surface area contributed by atoms with E-state index in [2.05, 4.69) is 39.9 Å². The molecule has 0 unspecified atom stereocenters. The number of hydrogen-bond acceptors (Lipinski definition) is 3. The number of nitrogens with zero attached hydrogens (tertiary/aromatic N) is 3. The fourth-order valence-electron chi connectivity index (χ4n) is 1.97. The van der Waals surface area contributed by atoms with Crippen molar-refractivity contribution in [3.05, 3.63) is 33.7 Å². The topological polar surface area (TPSA) is 56.7 Å². The van der Waals surface area contributed by atoms with Crippen LogP contribution >= 0.6 is 15.9 Å². The van der Waals surface area contributed by atoms with E-state index in [0.717, 1.165) is 45.8 Å². The van der Waals surface area contributed by atoms with Crippen molar-refractivity contribution in [3.8, 4) is 5.82 Å². The van der Waals surface area contributed by atoms with Gasteiger partial charge in [0.25, 0.3) is 0 Å². The lowest BCUT2D eigenvalue weighted by Crippen LogP contribution is -2.06. The number of aryl methyl sites for hydroxylation is 2. The van der Waals surface area contributed by atoms with Crippen LogP contribution in [0.25, 0.3) is 5.82 Å². The zero-order chi connectivity index (χ0) is 13.3. The summed E-state index contributed by atoms with van der Waals surface area (Å²) in [5.41, 5.74) is 9.96. The summed E-state index contributed by atoms with van der Waals surface area (Å²) in [6.07, 6.45) is 3.50. The quantitative estimate of drug-likeness (QED) is 0.948. The normalized spacial score (nSPS) is 10.9. The molecule has 2 rings (SSSR count). The predicted octanol–water partition coefficient (Wildman–Crippen LogP) is 3.05. The summed E-state index contributed by atoms with van der Waals surface area (Å²) >= 11 is 3.54. The van der Waals surface area contributed by atoms with Gasteiger partial charge < -0.3 is 5.73 Å². The highest BCUT2D eigenvalue weighted by molar-refractivity contribution is 9.10. The van der Waals surface area contributed by atoms with Gasteiger partial charge in [0.15, 0.2) is 5.82 Å². The van der Waals surface area contributed by atoms with Crippen molar-refractivity contribution in [2.75, 3.05) is 5.73 Å². The third-order valence-electron chi connectivity index (χ3n) is 2.93. The minimum Gasteiger partial charge on any atom is -0.396 e. The van der Waals surface area contributed by atoms with E-state index in [9.17, 15) is 0 Å². The number of nitrogen functional groups attached to an aromatic ring is 1. The van der Waals surface area contributed by atoms with E-state index < -0.39 is 0 Å². The van der Waals surface area contributed by atoms with Gasteiger partial charge in [0.2, 0.25) is 0 Å². The van der Waals surface area contributed by atoms with Crippen LogP contribution in [-0.4, -0.2) is 14.8 Å². The summed E-state index contributed by atoms with van der Waals surface area (Å²) in [5, 5.41) is 4.56. The molecule has 4 nitrogen and oxygen atoms in total. The predicted molar refractivity (Wildman–Crippen MR) is 77.0 cm³/mol. The number of aromatic nitrogens is 3. The molecule has 0 fully saturated rings. The summed E-state index contributed by atoms with van der Waals surface area (Å²) < 4.78 is 2.78. The third-order valence-corrected chi connectivity index (χ3v) is 3.51. The lowest BCUT2D eigenvalue weighted by atomic mass is 10.2. The maximum absolute atomic E-state index is 6.12. The largest absolute Gasteiger partial charge is 0.396 e. The molecule has 0 amide bonds. The Labute approximate surface area is 115 Å². The Bertz CT molecular complexity index is 575. The van der Waals surface area contributed by atoms with Gasteiger partial charge in [-0.1, -0.05) is 13.8 Å². The minimum absolute atomic E-state index is 0.786. The molecular weight excluding hydrogens is 292 g/mol.